The third-order valence-electron chi connectivity index (χ3n) is 4.58. The molecule has 1 aromatic heterocycles. The molecule has 1 aromatic carbocycles. The van der Waals surface area contributed by atoms with Crippen molar-refractivity contribution in [2.75, 3.05) is 6.61 Å². The SMILES string of the molecule is CCCCCCOc1ccc(C(CCCC)C(O)Oc2cncnc2)cc1. The summed E-state index contributed by atoms with van der Waals surface area (Å²) in [6.07, 6.45) is 11.3. The Balaban J connectivity index is 1.96. The fraction of sp³-hybridized carbons (Fsp3) is 0.545. The summed E-state index contributed by atoms with van der Waals surface area (Å²) in [5.41, 5.74) is 1.05. The Kier molecular flexibility index (Phi) is 9.63. The first kappa shape index (κ1) is 21.2. The Labute approximate surface area is 162 Å². The summed E-state index contributed by atoms with van der Waals surface area (Å²) in [6, 6.07) is 8.00. The smallest absolute Gasteiger partial charge is 0.204 e. The first-order valence-corrected chi connectivity index (χ1v) is 10.1. The van der Waals surface area contributed by atoms with Gasteiger partial charge in [0.2, 0.25) is 6.29 Å². The summed E-state index contributed by atoms with van der Waals surface area (Å²) in [7, 11) is 0. The van der Waals surface area contributed by atoms with Gasteiger partial charge in [0.15, 0.2) is 5.75 Å². The molecule has 27 heavy (non-hydrogen) atoms. The standard InChI is InChI=1S/C22H32N2O3/c1-3-5-7-8-14-26-19-12-10-18(11-13-19)21(9-6-4-2)22(25)27-20-15-23-17-24-16-20/h10-13,15-17,21-22,25H,3-9,14H2,1-2H3. The van der Waals surface area contributed by atoms with Crippen LogP contribution in [0, 0.1) is 0 Å². The second kappa shape index (κ2) is 12.3. The highest BCUT2D eigenvalue weighted by Gasteiger charge is 2.23. The molecule has 0 saturated heterocycles. The highest BCUT2D eigenvalue weighted by molar-refractivity contribution is 5.30. The fourth-order valence-electron chi connectivity index (χ4n) is 3.00. The second-order valence-corrected chi connectivity index (χ2v) is 6.81. The molecule has 2 aromatic rings. The van der Waals surface area contributed by atoms with E-state index in [1.807, 2.05) is 24.3 Å². The van der Waals surface area contributed by atoms with Crippen molar-refractivity contribution in [3.63, 3.8) is 0 Å². The van der Waals surface area contributed by atoms with Crippen LogP contribution in [0.25, 0.3) is 0 Å². The molecule has 2 atom stereocenters. The van der Waals surface area contributed by atoms with Crippen LogP contribution in [0.5, 0.6) is 11.5 Å². The van der Waals surface area contributed by atoms with Crippen molar-refractivity contribution in [3.8, 4) is 11.5 Å². The monoisotopic (exact) mass is 372 g/mol. The normalized spacial score (nSPS) is 13.1. The number of benzene rings is 1. The predicted octanol–water partition coefficient (Wildman–Crippen LogP) is 5.11. The van der Waals surface area contributed by atoms with Crippen LogP contribution in [0.2, 0.25) is 0 Å². The molecule has 0 amide bonds. The van der Waals surface area contributed by atoms with Crippen molar-refractivity contribution in [1.29, 1.82) is 0 Å². The third-order valence-corrected chi connectivity index (χ3v) is 4.58. The lowest BCUT2D eigenvalue weighted by molar-refractivity contribution is -0.0412. The predicted molar refractivity (Wildman–Crippen MR) is 107 cm³/mol. The van der Waals surface area contributed by atoms with Gasteiger partial charge in [0.25, 0.3) is 0 Å². The quantitative estimate of drug-likeness (QED) is 0.391. The molecule has 5 heteroatoms. The van der Waals surface area contributed by atoms with E-state index in [0.717, 1.165) is 43.6 Å². The Morgan fingerprint density at radius 3 is 2.26 bits per heavy atom. The van der Waals surface area contributed by atoms with Crippen molar-refractivity contribution in [1.82, 2.24) is 9.97 Å². The molecule has 0 fully saturated rings. The number of aliphatic hydroxyl groups is 1. The van der Waals surface area contributed by atoms with E-state index in [0.29, 0.717) is 5.75 Å². The van der Waals surface area contributed by atoms with E-state index >= 15 is 0 Å². The fourth-order valence-corrected chi connectivity index (χ4v) is 3.00. The molecule has 1 heterocycles. The average molecular weight is 373 g/mol. The van der Waals surface area contributed by atoms with Crippen LogP contribution in [-0.4, -0.2) is 28.0 Å². The van der Waals surface area contributed by atoms with Crippen LogP contribution < -0.4 is 9.47 Å². The van der Waals surface area contributed by atoms with Gasteiger partial charge in [-0.05, 0) is 30.5 Å². The summed E-state index contributed by atoms with van der Waals surface area (Å²) in [5.74, 6) is 1.23. The molecule has 2 unspecified atom stereocenters. The van der Waals surface area contributed by atoms with Crippen molar-refractivity contribution in [2.45, 2.75) is 71.0 Å². The Hall–Kier alpha value is -2.14. The Morgan fingerprint density at radius 2 is 1.59 bits per heavy atom. The van der Waals surface area contributed by atoms with Gasteiger partial charge in [-0.1, -0.05) is 58.1 Å². The van der Waals surface area contributed by atoms with Gasteiger partial charge in [-0.2, -0.15) is 0 Å². The maximum atomic E-state index is 10.6. The molecule has 0 saturated carbocycles. The van der Waals surface area contributed by atoms with Crippen molar-refractivity contribution in [3.05, 3.63) is 48.5 Å². The van der Waals surface area contributed by atoms with Gasteiger partial charge in [-0.15, -0.1) is 0 Å². The lowest BCUT2D eigenvalue weighted by atomic mass is 9.93. The summed E-state index contributed by atoms with van der Waals surface area (Å²) >= 11 is 0. The van der Waals surface area contributed by atoms with E-state index in [2.05, 4.69) is 23.8 Å². The summed E-state index contributed by atoms with van der Waals surface area (Å²) < 4.78 is 11.5. The summed E-state index contributed by atoms with van der Waals surface area (Å²) in [6.45, 7) is 5.10. The van der Waals surface area contributed by atoms with Crippen molar-refractivity contribution < 1.29 is 14.6 Å². The zero-order valence-electron chi connectivity index (χ0n) is 16.5. The van der Waals surface area contributed by atoms with Crippen LogP contribution >= 0.6 is 0 Å². The maximum absolute atomic E-state index is 10.6. The first-order chi connectivity index (χ1) is 13.2. The van der Waals surface area contributed by atoms with Crippen LogP contribution in [0.4, 0.5) is 0 Å². The zero-order chi connectivity index (χ0) is 19.3. The number of hydrogen-bond donors (Lipinski definition) is 1. The molecule has 148 valence electrons. The Bertz CT molecular complexity index is 619. The number of unbranched alkanes of at least 4 members (excludes halogenated alkanes) is 4. The molecule has 1 N–H and O–H groups in total. The van der Waals surface area contributed by atoms with E-state index in [9.17, 15) is 5.11 Å². The molecule has 5 nitrogen and oxygen atoms in total. The maximum Gasteiger partial charge on any atom is 0.204 e. The molecule has 2 rings (SSSR count). The largest absolute Gasteiger partial charge is 0.494 e. The van der Waals surface area contributed by atoms with E-state index in [1.165, 1.54) is 25.6 Å². The highest BCUT2D eigenvalue weighted by Crippen LogP contribution is 2.29. The van der Waals surface area contributed by atoms with E-state index in [4.69, 9.17) is 9.47 Å². The minimum Gasteiger partial charge on any atom is -0.494 e. The zero-order valence-corrected chi connectivity index (χ0v) is 16.5. The van der Waals surface area contributed by atoms with Gasteiger partial charge in [0, 0.05) is 5.92 Å². The van der Waals surface area contributed by atoms with Crippen molar-refractivity contribution in [2.24, 2.45) is 0 Å². The molecular weight excluding hydrogens is 340 g/mol. The Morgan fingerprint density at radius 1 is 0.889 bits per heavy atom. The number of rotatable bonds is 13. The number of ether oxygens (including phenoxy) is 2. The van der Waals surface area contributed by atoms with Crippen molar-refractivity contribution >= 4 is 0 Å². The van der Waals surface area contributed by atoms with Gasteiger partial charge in [0.05, 0.1) is 19.0 Å². The lowest BCUT2D eigenvalue weighted by Gasteiger charge is -2.24. The average Bonchev–Trinajstić information content (AvgIpc) is 2.70. The molecule has 0 aliphatic rings. The van der Waals surface area contributed by atoms with E-state index in [1.54, 1.807) is 12.4 Å². The highest BCUT2D eigenvalue weighted by atomic mass is 16.6. The van der Waals surface area contributed by atoms with E-state index in [-0.39, 0.29) is 5.92 Å². The van der Waals surface area contributed by atoms with Crippen LogP contribution in [0.1, 0.15) is 70.3 Å². The topological polar surface area (TPSA) is 64.5 Å². The molecule has 0 spiro atoms. The van der Waals surface area contributed by atoms with Gasteiger partial charge < -0.3 is 14.6 Å². The van der Waals surface area contributed by atoms with E-state index < -0.39 is 6.29 Å². The molecule has 0 aliphatic carbocycles. The van der Waals surface area contributed by atoms with Gasteiger partial charge in [-0.25, -0.2) is 9.97 Å². The molecular formula is C22H32N2O3. The van der Waals surface area contributed by atoms with Gasteiger partial charge in [0.1, 0.15) is 12.1 Å². The minimum atomic E-state index is -0.941. The number of hydrogen-bond acceptors (Lipinski definition) is 5. The first-order valence-electron chi connectivity index (χ1n) is 10.1. The number of aromatic nitrogens is 2. The summed E-state index contributed by atoms with van der Waals surface area (Å²) in [4.78, 5) is 7.85. The number of aliphatic hydroxyl groups excluding tert-OH is 1. The second-order valence-electron chi connectivity index (χ2n) is 6.81. The summed E-state index contributed by atoms with van der Waals surface area (Å²) in [5, 5.41) is 10.6. The molecule has 0 aliphatic heterocycles. The lowest BCUT2D eigenvalue weighted by Crippen LogP contribution is -2.25. The van der Waals surface area contributed by atoms with Gasteiger partial charge >= 0.3 is 0 Å². The molecule has 0 bridgehead atoms. The third kappa shape index (κ3) is 7.55. The minimum absolute atomic E-state index is 0.108. The van der Waals surface area contributed by atoms with Gasteiger partial charge in [-0.3, -0.25) is 0 Å². The van der Waals surface area contributed by atoms with Crippen LogP contribution in [0.15, 0.2) is 43.0 Å². The van der Waals surface area contributed by atoms with Crippen LogP contribution in [-0.2, 0) is 0 Å². The molecule has 0 radical (unpaired) electrons. The number of nitrogens with zero attached hydrogens (tertiary/aromatic N) is 2. The van der Waals surface area contributed by atoms with Crippen LogP contribution in [0.3, 0.4) is 0 Å².